The van der Waals surface area contributed by atoms with E-state index >= 15 is 0 Å². The number of aromatic amines is 1. The number of likely N-dealkylation sites (tertiary alicyclic amines) is 1. The first-order chi connectivity index (χ1) is 10.8. The first kappa shape index (κ1) is 14.8. The molecule has 116 valence electrons. The van der Waals surface area contributed by atoms with Crippen LogP contribution in [0.1, 0.15) is 36.7 Å². The van der Waals surface area contributed by atoms with E-state index in [2.05, 4.69) is 27.4 Å². The van der Waals surface area contributed by atoms with Crippen molar-refractivity contribution in [2.24, 2.45) is 0 Å². The van der Waals surface area contributed by atoms with E-state index in [0.717, 1.165) is 37.3 Å². The van der Waals surface area contributed by atoms with Gasteiger partial charge in [-0.2, -0.15) is 0 Å². The van der Waals surface area contributed by atoms with Gasteiger partial charge in [-0.25, -0.2) is 4.98 Å². The number of nitrogens with one attached hydrogen (secondary N) is 2. The highest BCUT2D eigenvalue weighted by molar-refractivity contribution is 5.76. The van der Waals surface area contributed by atoms with Crippen LogP contribution in [0.5, 0.6) is 0 Å². The van der Waals surface area contributed by atoms with E-state index in [9.17, 15) is 4.79 Å². The van der Waals surface area contributed by atoms with Gasteiger partial charge in [0.2, 0.25) is 5.91 Å². The molecule has 1 amide bonds. The molecule has 1 saturated heterocycles. The quantitative estimate of drug-likeness (QED) is 0.858. The highest BCUT2D eigenvalue weighted by Crippen LogP contribution is 2.18. The Morgan fingerprint density at radius 3 is 2.73 bits per heavy atom. The van der Waals surface area contributed by atoms with E-state index < -0.39 is 0 Å². The molecular weight excluding hydrogens is 276 g/mol. The van der Waals surface area contributed by atoms with Gasteiger partial charge in [0.1, 0.15) is 5.82 Å². The van der Waals surface area contributed by atoms with Gasteiger partial charge >= 0.3 is 0 Å². The molecule has 0 saturated carbocycles. The van der Waals surface area contributed by atoms with Gasteiger partial charge in [0.15, 0.2) is 0 Å². The van der Waals surface area contributed by atoms with Crippen LogP contribution < -0.4 is 5.32 Å². The Morgan fingerprint density at radius 1 is 1.27 bits per heavy atom. The predicted molar refractivity (Wildman–Crippen MR) is 85.3 cm³/mol. The van der Waals surface area contributed by atoms with Crippen molar-refractivity contribution in [3.63, 3.8) is 0 Å². The SMILES string of the molecule is O=C(CCN[C@H](c1ccccc1)c1ncc[nH]1)N1CCCC1. The van der Waals surface area contributed by atoms with Crippen LogP contribution in [0.25, 0.3) is 0 Å². The minimum Gasteiger partial charge on any atom is -0.347 e. The van der Waals surface area contributed by atoms with E-state index in [4.69, 9.17) is 0 Å². The summed E-state index contributed by atoms with van der Waals surface area (Å²) in [5, 5.41) is 3.45. The Labute approximate surface area is 130 Å². The van der Waals surface area contributed by atoms with Crippen molar-refractivity contribution in [1.82, 2.24) is 20.2 Å². The van der Waals surface area contributed by atoms with Crippen LogP contribution in [-0.4, -0.2) is 40.4 Å². The third kappa shape index (κ3) is 3.54. The number of rotatable bonds is 6. The van der Waals surface area contributed by atoms with Crippen molar-refractivity contribution in [3.05, 3.63) is 54.1 Å². The molecule has 1 aromatic carbocycles. The first-order valence-corrected chi connectivity index (χ1v) is 7.90. The highest BCUT2D eigenvalue weighted by atomic mass is 16.2. The lowest BCUT2D eigenvalue weighted by molar-refractivity contribution is -0.130. The standard InChI is InChI=1S/C17H22N4O/c22-15(21-12-4-5-13-21)8-9-18-16(17-19-10-11-20-17)14-6-2-1-3-7-14/h1-3,6-7,10-11,16,18H,4-5,8-9,12-13H2,(H,19,20)/t16-/m1/s1. The molecule has 1 aliphatic heterocycles. The number of carbonyl (C=O) groups excluding carboxylic acids is 1. The van der Waals surface area contributed by atoms with Gasteiger partial charge in [0, 0.05) is 38.4 Å². The van der Waals surface area contributed by atoms with Crippen molar-refractivity contribution < 1.29 is 4.79 Å². The summed E-state index contributed by atoms with van der Waals surface area (Å²) in [6.07, 6.45) is 6.38. The van der Waals surface area contributed by atoms with E-state index in [1.807, 2.05) is 29.3 Å². The average molecular weight is 298 g/mol. The second-order valence-corrected chi connectivity index (χ2v) is 5.61. The Kier molecular flexibility index (Phi) is 4.85. The number of amides is 1. The molecule has 1 aliphatic rings. The van der Waals surface area contributed by atoms with Crippen molar-refractivity contribution in [2.75, 3.05) is 19.6 Å². The molecule has 5 nitrogen and oxygen atoms in total. The third-order valence-corrected chi connectivity index (χ3v) is 4.07. The van der Waals surface area contributed by atoms with E-state index in [-0.39, 0.29) is 11.9 Å². The number of hydrogen-bond donors (Lipinski definition) is 2. The lowest BCUT2D eigenvalue weighted by Crippen LogP contribution is -2.32. The molecular formula is C17H22N4O. The molecule has 0 bridgehead atoms. The summed E-state index contributed by atoms with van der Waals surface area (Å²) in [4.78, 5) is 21.6. The Morgan fingerprint density at radius 2 is 2.05 bits per heavy atom. The predicted octanol–water partition coefficient (Wildman–Crippen LogP) is 2.10. The number of imidazole rings is 1. The summed E-state index contributed by atoms with van der Waals surface area (Å²) in [7, 11) is 0. The normalized spacial score (nSPS) is 15.9. The number of benzene rings is 1. The zero-order valence-corrected chi connectivity index (χ0v) is 12.7. The summed E-state index contributed by atoms with van der Waals surface area (Å²) >= 11 is 0. The summed E-state index contributed by atoms with van der Waals surface area (Å²) < 4.78 is 0. The first-order valence-electron chi connectivity index (χ1n) is 7.90. The summed E-state index contributed by atoms with van der Waals surface area (Å²) in [6.45, 7) is 2.48. The third-order valence-electron chi connectivity index (χ3n) is 4.07. The summed E-state index contributed by atoms with van der Waals surface area (Å²) in [5.74, 6) is 1.12. The van der Waals surface area contributed by atoms with Gasteiger partial charge in [0.25, 0.3) is 0 Å². The molecule has 22 heavy (non-hydrogen) atoms. The molecule has 0 spiro atoms. The van der Waals surface area contributed by atoms with Crippen LogP contribution in [0.3, 0.4) is 0 Å². The molecule has 0 unspecified atom stereocenters. The number of aromatic nitrogens is 2. The smallest absolute Gasteiger partial charge is 0.223 e. The Bertz CT molecular complexity index is 576. The van der Waals surface area contributed by atoms with Crippen molar-refractivity contribution >= 4 is 5.91 Å². The van der Waals surface area contributed by atoms with Crippen molar-refractivity contribution in [2.45, 2.75) is 25.3 Å². The van der Waals surface area contributed by atoms with Crippen LogP contribution in [0.2, 0.25) is 0 Å². The number of hydrogen-bond acceptors (Lipinski definition) is 3. The zero-order chi connectivity index (χ0) is 15.2. The van der Waals surface area contributed by atoms with Crippen molar-refractivity contribution in [1.29, 1.82) is 0 Å². The molecule has 2 aromatic rings. The number of H-pyrrole nitrogens is 1. The van der Waals surface area contributed by atoms with Crippen molar-refractivity contribution in [3.8, 4) is 0 Å². The van der Waals surface area contributed by atoms with Gasteiger partial charge < -0.3 is 15.2 Å². The molecule has 1 aromatic heterocycles. The van der Waals surface area contributed by atoms with Gasteiger partial charge in [-0.3, -0.25) is 4.79 Å². The number of carbonyl (C=O) groups is 1. The van der Waals surface area contributed by atoms with Crippen LogP contribution >= 0.6 is 0 Å². The van der Waals surface area contributed by atoms with Gasteiger partial charge in [-0.15, -0.1) is 0 Å². The molecule has 2 heterocycles. The molecule has 2 N–H and O–H groups in total. The van der Waals surface area contributed by atoms with Crippen LogP contribution in [0, 0.1) is 0 Å². The lowest BCUT2D eigenvalue weighted by Gasteiger charge is -2.19. The fraction of sp³-hybridized carbons (Fsp3) is 0.412. The fourth-order valence-corrected chi connectivity index (χ4v) is 2.90. The summed E-state index contributed by atoms with van der Waals surface area (Å²) in [6, 6.07) is 10.2. The number of nitrogens with zero attached hydrogens (tertiary/aromatic N) is 2. The van der Waals surface area contributed by atoms with Crippen LogP contribution in [0.15, 0.2) is 42.7 Å². The maximum atomic E-state index is 12.1. The van der Waals surface area contributed by atoms with Crippen LogP contribution in [0.4, 0.5) is 0 Å². The Balaban J connectivity index is 1.60. The maximum Gasteiger partial charge on any atom is 0.223 e. The maximum absolute atomic E-state index is 12.1. The molecule has 0 radical (unpaired) electrons. The zero-order valence-electron chi connectivity index (χ0n) is 12.7. The van der Waals surface area contributed by atoms with E-state index in [0.29, 0.717) is 13.0 Å². The van der Waals surface area contributed by atoms with E-state index in [1.54, 1.807) is 6.20 Å². The average Bonchev–Trinajstić information content (AvgIpc) is 3.25. The van der Waals surface area contributed by atoms with Gasteiger partial charge in [0.05, 0.1) is 6.04 Å². The molecule has 0 aliphatic carbocycles. The molecule has 3 rings (SSSR count). The summed E-state index contributed by atoms with van der Waals surface area (Å²) in [5.41, 5.74) is 1.14. The fourth-order valence-electron chi connectivity index (χ4n) is 2.90. The lowest BCUT2D eigenvalue weighted by atomic mass is 10.1. The highest BCUT2D eigenvalue weighted by Gasteiger charge is 2.19. The topological polar surface area (TPSA) is 61.0 Å². The molecule has 5 heteroatoms. The minimum atomic E-state index is -0.0115. The van der Waals surface area contributed by atoms with E-state index in [1.165, 1.54) is 0 Å². The minimum absolute atomic E-state index is 0.0115. The monoisotopic (exact) mass is 298 g/mol. The van der Waals surface area contributed by atoms with Crippen LogP contribution in [-0.2, 0) is 4.79 Å². The second kappa shape index (κ2) is 7.22. The van der Waals surface area contributed by atoms with Gasteiger partial charge in [-0.05, 0) is 18.4 Å². The molecule has 1 fully saturated rings. The Hall–Kier alpha value is -2.14. The van der Waals surface area contributed by atoms with Gasteiger partial charge in [-0.1, -0.05) is 30.3 Å². The molecule has 1 atom stereocenters. The largest absolute Gasteiger partial charge is 0.347 e. The second-order valence-electron chi connectivity index (χ2n) is 5.61.